The number of hydrogen-bond acceptors (Lipinski definition) is 4. The predicted molar refractivity (Wildman–Crippen MR) is 99.0 cm³/mol. The van der Waals surface area contributed by atoms with Crippen LogP contribution in [0.1, 0.15) is 10.4 Å². The van der Waals surface area contributed by atoms with Crippen LogP contribution in [0.25, 0.3) is 0 Å². The highest BCUT2D eigenvalue weighted by Gasteiger charge is 2.13. The molecule has 0 radical (unpaired) electrons. The lowest BCUT2D eigenvalue weighted by Gasteiger charge is -2.13. The lowest BCUT2D eigenvalue weighted by atomic mass is 10.2. The van der Waals surface area contributed by atoms with E-state index in [1.807, 2.05) is 0 Å². The maximum atomic E-state index is 12.4. The minimum atomic E-state index is -0.359. The zero-order valence-corrected chi connectivity index (χ0v) is 14.6. The second kappa shape index (κ2) is 9.22. The van der Waals surface area contributed by atoms with E-state index in [0.29, 0.717) is 35.2 Å². The first-order valence-electron chi connectivity index (χ1n) is 7.19. The fourth-order valence-corrected chi connectivity index (χ4v) is 2.31. The lowest BCUT2D eigenvalue weighted by Crippen LogP contribution is -2.34. The molecule has 2 rings (SSSR count). The third kappa shape index (κ3) is 5.49. The van der Waals surface area contributed by atoms with Gasteiger partial charge < -0.3 is 14.8 Å². The number of rotatable bonds is 6. The Morgan fingerprint density at radius 3 is 2.71 bits per heavy atom. The van der Waals surface area contributed by atoms with Crippen LogP contribution in [0, 0.1) is 0 Å². The number of amides is 1. The SMILES string of the molecule is COCCOc1ccccc1C(=O)NC(=S)Nc1cccc(Cl)c1. The molecule has 2 aromatic carbocycles. The van der Waals surface area contributed by atoms with Gasteiger partial charge in [0.25, 0.3) is 5.91 Å². The summed E-state index contributed by atoms with van der Waals surface area (Å²) in [4.78, 5) is 12.4. The third-order valence-corrected chi connectivity index (χ3v) is 3.43. The van der Waals surface area contributed by atoms with Crippen molar-refractivity contribution in [1.82, 2.24) is 5.32 Å². The molecule has 7 heteroatoms. The maximum Gasteiger partial charge on any atom is 0.261 e. The van der Waals surface area contributed by atoms with Crippen LogP contribution in [0.2, 0.25) is 5.02 Å². The zero-order valence-electron chi connectivity index (χ0n) is 13.0. The van der Waals surface area contributed by atoms with Crippen molar-refractivity contribution in [3.8, 4) is 5.75 Å². The highest BCUT2D eigenvalue weighted by atomic mass is 35.5. The Morgan fingerprint density at radius 2 is 1.96 bits per heavy atom. The number of hydrogen-bond donors (Lipinski definition) is 2. The molecule has 24 heavy (non-hydrogen) atoms. The smallest absolute Gasteiger partial charge is 0.261 e. The number of carbonyl (C=O) groups excluding carboxylic acids is 1. The largest absolute Gasteiger partial charge is 0.490 e. The van der Waals surface area contributed by atoms with Crippen molar-refractivity contribution in [2.45, 2.75) is 0 Å². The van der Waals surface area contributed by atoms with Gasteiger partial charge in [0.05, 0.1) is 12.2 Å². The van der Waals surface area contributed by atoms with Gasteiger partial charge >= 0.3 is 0 Å². The Balaban J connectivity index is 2.00. The number of ether oxygens (including phenoxy) is 2. The molecule has 0 atom stereocenters. The third-order valence-electron chi connectivity index (χ3n) is 2.99. The van der Waals surface area contributed by atoms with Crippen molar-refractivity contribution in [3.05, 3.63) is 59.1 Å². The Kier molecular flexibility index (Phi) is 6.99. The van der Waals surface area contributed by atoms with Gasteiger partial charge in [-0.2, -0.15) is 0 Å². The first-order valence-corrected chi connectivity index (χ1v) is 7.97. The molecule has 2 aromatic rings. The van der Waals surface area contributed by atoms with Crippen LogP contribution in [0.3, 0.4) is 0 Å². The Labute approximate surface area is 150 Å². The van der Waals surface area contributed by atoms with Crippen LogP contribution in [0.5, 0.6) is 5.75 Å². The summed E-state index contributed by atoms with van der Waals surface area (Å²) in [5.74, 6) is 0.111. The molecule has 0 saturated carbocycles. The summed E-state index contributed by atoms with van der Waals surface area (Å²) >= 11 is 11.1. The van der Waals surface area contributed by atoms with Crippen LogP contribution in [-0.2, 0) is 4.74 Å². The molecule has 5 nitrogen and oxygen atoms in total. The van der Waals surface area contributed by atoms with Crippen molar-refractivity contribution in [1.29, 1.82) is 0 Å². The minimum absolute atomic E-state index is 0.175. The van der Waals surface area contributed by atoms with Crippen molar-refractivity contribution in [2.24, 2.45) is 0 Å². The molecular formula is C17H17ClN2O3S. The lowest BCUT2D eigenvalue weighted by molar-refractivity contribution is 0.0970. The Hall–Kier alpha value is -2.15. The van der Waals surface area contributed by atoms with Gasteiger partial charge in [0, 0.05) is 17.8 Å². The molecule has 0 fully saturated rings. The molecule has 0 spiro atoms. The van der Waals surface area contributed by atoms with Gasteiger partial charge in [-0.05, 0) is 42.5 Å². The molecule has 0 unspecified atom stereocenters. The number of benzene rings is 2. The summed E-state index contributed by atoms with van der Waals surface area (Å²) in [5, 5.41) is 6.28. The van der Waals surface area contributed by atoms with Gasteiger partial charge in [-0.1, -0.05) is 29.8 Å². The van der Waals surface area contributed by atoms with E-state index in [-0.39, 0.29) is 11.0 Å². The van der Waals surface area contributed by atoms with Crippen LogP contribution >= 0.6 is 23.8 Å². The highest BCUT2D eigenvalue weighted by Crippen LogP contribution is 2.18. The minimum Gasteiger partial charge on any atom is -0.490 e. The molecular weight excluding hydrogens is 348 g/mol. The predicted octanol–water partition coefficient (Wildman–Crippen LogP) is 3.49. The van der Waals surface area contributed by atoms with E-state index in [2.05, 4.69) is 10.6 Å². The number of para-hydroxylation sites is 1. The average Bonchev–Trinajstić information content (AvgIpc) is 2.55. The van der Waals surface area contributed by atoms with Gasteiger partial charge in [-0.3, -0.25) is 10.1 Å². The van der Waals surface area contributed by atoms with E-state index in [1.54, 1.807) is 55.6 Å². The van der Waals surface area contributed by atoms with Gasteiger partial charge in [-0.15, -0.1) is 0 Å². The summed E-state index contributed by atoms with van der Waals surface area (Å²) < 4.78 is 10.5. The van der Waals surface area contributed by atoms with Gasteiger partial charge in [0.15, 0.2) is 5.11 Å². The molecule has 0 saturated heterocycles. The van der Waals surface area contributed by atoms with E-state index in [9.17, 15) is 4.79 Å². The quantitative estimate of drug-likeness (QED) is 0.607. The molecule has 2 N–H and O–H groups in total. The number of anilines is 1. The van der Waals surface area contributed by atoms with Gasteiger partial charge in [0.1, 0.15) is 12.4 Å². The van der Waals surface area contributed by atoms with Crippen molar-refractivity contribution in [2.75, 3.05) is 25.6 Å². The number of halogens is 1. The monoisotopic (exact) mass is 364 g/mol. The molecule has 0 aromatic heterocycles. The van der Waals surface area contributed by atoms with E-state index in [0.717, 1.165) is 0 Å². The number of nitrogens with one attached hydrogen (secondary N) is 2. The average molecular weight is 365 g/mol. The molecule has 1 amide bonds. The van der Waals surface area contributed by atoms with Crippen LogP contribution in [0.15, 0.2) is 48.5 Å². The van der Waals surface area contributed by atoms with E-state index in [4.69, 9.17) is 33.3 Å². The molecule has 0 aliphatic rings. The maximum absolute atomic E-state index is 12.4. The van der Waals surface area contributed by atoms with Crippen molar-refractivity contribution < 1.29 is 14.3 Å². The second-order valence-corrected chi connectivity index (χ2v) is 5.60. The zero-order chi connectivity index (χ0) is 17.4. The highest BCUT2D eigenvalue weighted by molar-refractivity contribution is 7.80. The van der Waals surface area contributed by atoms with Crippen LogP contribution in [-0.4, -0.2) is 31.3 Å². The van der Waals surface area contributed by atoms with Gasteiger partial charge in [0.2, 0.25) is 0 Å². The van der Waals surface area contributed by atoms with Crippen molar-refractivity contribution in [3.63, 3.8) is 0 Å². The molecule has 126 valence electrons. The summed E-state index contributed by atoms with van der Waals surface area (Å²) in [5.41, 5.74) is 1.08. The summed E-state index contributed by atoms with van der Waals surface area (Å²) in [6, 6.07) is 14.0. The Morgan fingerprint density at radius 1 is 1.17 bits per heavy atom. The van der Waals surface area contributed by atoms with Gasteiger partial charge in [-0.25, -0.2) is 0 Å². The fraction of sp³-hybridized carbons (Fsp3) is 0.176. The normalized spacial score (nSPS) is 10.1. The number of methoxy groups -OCH3 is 1. The van der Waals surface area contributed by atoms with Crippen LogP contribution in [0.4, 0.5) is 5.69 Å². The van der Waals surface area contributed by atoms with Crippen LogP contribution < -0.4 is 15.4 Å². The van der Waals surface area contributed by atoms with E-state index >= 15 is 0 Å². The first kappa shape index (κ1) is 18.2. The molecule has 0 aliphatic carbocycles. The molecule has 0 aliphatic heterocycles. The van der Waals surface area contributed by atoms with E-state index < -0.39 is 0 Å². The van der Waals surface area contributed by atoms with Crippen molar-refractivity contribution >= 4 is 40.5 Å². The fourth-order valence-electron chi connectivity index (χ4n) is 1.91. The first-order chi connectivity index (χ1) is 11.6. The standard InChI is InChI=1S/C17H17ClN2O3S/c1-22-9-10-23-15-8-3-2-7-14(15)16(21)20-17(24)19-13-6-4-5-12(18)11-13/h2-8,11H,9-10H2,1H3,(H2,19,20,21,24). The second-order valence-electron chi connectivity index (χ2n) is 4.76. The summed E-state index contributed by atoms with van der Waals surface area (Å²) in [7, 11) is 1.59. The Bertz CT molecular complexity index is 724. The summed E-state index contributed by atoms with van der Waals surface area (Å²) in [6.45, 7) is 0.788. The topological polar surface area (TPSA) is 59.6 Å². The number of thiocarbonyl (C=S) groups is 1. The summed E-state index contributed by atoms with van der Waals surface area (Å²) in [6.07, 6.45) is 0. The number of carbonyl (C=O) groups is 1. The van der Waals surface area contributed by atoms with E-state index in [1.165, 1.54) is 0 Å². The molecule has 0 heterocycles. The molecule has 0 bridgehead atoms.